The van der Waals surface area contributed by atoms with Gasteiger partial charge in [-0.15, -0.1) is 0 Å². The number of ether oxygens (including phenoxy) is 2. The molecule has 7 nitrogen and oxygen atoms in total. The molecule has 0 atom stereocenters. The summed E-state index contributed by atoms with van der Waals surface area (Å²) in [7, 11) is 1.32. The molecule has 0 unspecified atom stereocenters. The molecule has 0 saturated heterocycles. The number of alkyl halides is 2. The molecule has 1 aromatic carbocycles. The van der Waals surface area contributed by atoms with E-state index < -0.39 is 18.1 Å². The number of methoxy groups -OCH3 is 1. The van der Waals surface area contributed by atoms with Crippen LogP contribution in [0.3, 0.4) is 0 Å². The highest BCUT2D eigenvalue weighted by Gasteiger charge is 2.32. The zero-order valence-corrected chi connectivity index (χ0v) is 16.1. The van der Waals surface area contributed by atoms with Crippen LogP contribution in [0.2, 0.25) is 0 Å². The second-order valence-electron chi connectivity index (χ2n) is 7.50. The van der Waals surface area contributed by atoms with Gasteiger partial charge in [-0.05, 0) is 32.0 Å². The first-order chi connectivity index (χ1) is 12.4. The fraction of sp³-hybridized carbons (Fsp3) is 0.500. The maximum atomic E-state index is 12.6. The Kier molecular flexibility index (Phi) is 5.72. The van der Waals surface area contributed by atoms with Crippen molar-refractivity contribution in [1.82, 2.24) is 15.5 Å². The Morgan fingerprint density at radius 1 is 1.19 bits per heavy atom. The Morgan fingerprint density at radius 3 is 2.37 bits per heavy atom. The standard InChI is InChI=1S/C18H23F2N3O4/c1-17(2,3)15-21-14(23-27-15)18(4,5)22-13(24)10-7-8-11(25-6)12(9-10)26-16(19)20/h7-9,16H,1-6H3,(H,22,24). The van der Waals surface area contributed by atoms with Crippen molar-refractivity contribution in [3.8, 4) is 11.5 Å². The minimum Gasteiger partial charge on any atom is -0.493 e. The molecule has 0 aliphatic carbocycles. The predicted octanol–water partition coefficient (Wildman–Crippen LogP) is 3.64. The summed E-state index contributed by atoms with van der Waals surface area (Å²) in [6, 6.07) is 4.01. The molecule has 148 valence electrons. The Hall–Kier alpha value is -2.71. The largest absolute Gasteiger partial charge is 0.493 e. The first-order valence-corrected chi connectivity index (χ1v) is 8.24. The lowest BCUT2D eigenvalue weighted by Gasteiger charge is -2.23. The normalized spacial score (nSPS) is 12.2. The minimum absolute atomic E-state index is 0.0964. The summed E-state index contributed by atoms with van der Waals surface area (Å²) in [4.78, 5) is 16.9. The Labute approximate surface area is 156 Å². The van der Waals surface area contributed by atoms with Crippen LogP contribution in [0.1, 0.15) is 56.7 Å². The van der Waals surface area contributed by atoms with E-state index >= 15 is 0 Å². The SMILES string of the molecule is COc1ccc(C(=O)NC(C)(C)c2noc(C(C)(C)C)n2)cc1OC(F)F. The van der Waals surface area contributed by atoms with Crippen molar-refractivity contribution in [2.75, 3.05) is 7.11 Å². The summed E-state index contributed by atoms with van der Waals surface area (Å²) in [5, 5.41) is 6.70. The van der Waals surface area contributed by atoms with Gasteiger partial charge in [0.25, 0.3) is 5.91 Å². The summed E-state index contributed by atoms with van der Waals surface area (Å²) in [5.41, 5.74) is -1.16. The molecule has 1 aromatic heterocycles. The number of hydrogen-bond donors (Lipinski definition) is 1. The first kappa shape index (κ1) is 20.6. The molecule has 0 saturated carbocycles. The van der Waals surface area contributed by atoms with Crippen LogP contribution in [0, 0.1) is 0 Å². The third-order valence-corrected chi connectivity index (χ3v) is 3.69. The van der Waals surface area contributed by atoms with Gasteiger partial charge in [-0.3, -0.25) is 4.79 Å². The summed E-state index contributed by atoms with van der Waals surface area (Å²) in [6.07, 6.45) is 0. The average molecular weight is 383 g/mol. The van der Waals surface area contributed by atoms with E-state index in [-0.39, 0.29) is 22.5 Å². The van der Waals surface area contributed by atoms with Crippen LogP contribution in [-0.4, -0.2) is 29.8 Å². The van der Waals surface area contributed by atoms with E-state index in [2.05, 4.69) is 20.2 Å². The summed E-state index contributed by atoms with van der Waals surface area (Å²) >= 11 is 0. The topological polar surface area (TPSA) is 86.5 Å². The highest BCUT2D eigenvalue weighted by atomic mass is 19.3. The molecule has 2 rings (SSSR count). The first-order valence-electron chi connectivity index (χ1n) is 8.24. The minimum atomic E-state index is -3.04. The van der Waals surface area contributed by atoms with E-state index in [0.29, 0.717) is 11.7 Å². The van der Waals surface area contributed by atoms with Crippen molar-refractivity contribution in [3.63, 3.8) is 0 Å². The van der Waals surface area contributed by atoms with Crippen LogP contribution in [0.5, 0.6) is 11.5 Å². The molecule has 0 spiro atoms. The number of aromatic nitrogens is 2. The smallest absolute Gasteiger partial charge is 0.387 e. The molecule has 9 heteroatoms. The van der Waals surface area contributed by atoms with Gasteiger partial charge in [-0.1, -0.05) is 25.9 Å². The van der Waals surface area contributed by atoms with E-state index in [1.807, 2.05) is 20.8 Å². The van der Waals surface area contributed by atoms with E-state index in [1.54, 1.807) is 13.8 Å². The molecule has 0 aliphatic rings. The molecule has 2 aromatic rings. The fourth-order valence-electron chi connectivity index (χ4n) is 2.20. The number of carbonyl (C=O) groups excluding carboxylic acids is 1. The number of hydrogen-bond acceptors (Lipinski definition) is 6. The number of carbonyl (C=O) groups is 1. The van der Waals surface area contributed by atoms with Gasteiger partial charge in [-0.25, -0.2) is 0 Å². The van der Waals surface area contributed by atoms with Crippen molar-refractivity contribution in [3.05, 3.63) is 35.5 Å². The summed E-state index contributed by atoms with van der Waals surface area (Å²) in [6.45, 7) is 6.17. The summed E-state index contributed by atoms with van der Waals surface area (Å²) < 4.78 is 39.7. The van der Waals surface area contributed by atoms with E-state index in [4.69, 9.17) is 9.26 Å². The number of amides is 1. The highest BCUT2D eigenvalue weighted by molar-refractivity contribution is 5.95. The van der Waals surface area contributed by atoms with Crippen molar-refractivity contribution in [2.24, 2.45) is 0 Å². The molecular weight excluding hydrogens is 360 g/mol. The molecule has 1 amide bonds. The van der Waals surface area contributed by atoms with Crippen molar-refractivity contribution in [2.45, 2.75) is 52.2 Å². The highest BCUT2D eigenvalue weighted by Crippen LogP contribution is 2.30. The third kappa shape index (κ3) is 4.93. The number of halogens is 2. The molecule has 27 heavy (non-hydrogen) atoms. The third-order valence-electron chi connectivity index (χ3n) is 3.69. The van der Waals surface area contributed by atoms with Crippen molar-refractivity contribution in [1.29, 1.82) is 0 Å². The molecule has 1 heterocycles. The lowest BCUT2D eigenvalue weighted by Crippen LogP contribution is -2.42. The second-order valence-corrected chi connectivity index (χ2v) is 7.50. The molecule has 0 radical (unpaired) electrons. The fourth-order valence-corrected chi connectivity index (χ4v) is 2.20. The van der Waals surface area contributed by atoms with Crippen LogP contribution in [0.4, 0.5) is 8.78 Å². The molecule has 0 bridgehead atoms. The van der Waals surface area contributed by atoms with E-state index in [9.17, 15) is 13.6 Å². The van der Waals surface area contributed by atoms with Gasteiger partial charge < -0.3 is 19.3 Å². The Bertz CT molecular complexity index is 813. The van der Waals surface area contributed by atoms with Crippen LogP contribution in [0.15, 0.2) is 22.7 Å². The second kappa shape index (κ2) is 7.50. The maximum Gasteiger partial charge on any atom is 0.387 e. The van der Waals surface area contributed by atoms with Gasteiger partial charge in [0.05, 0.1) is 12.6 Å². The molecule has 0 aliphatic heterocycles. The monoisotopic (exact) mass is 383 g/mol. The molecule has 0 fully saturated rings. The van der Waals surface area contributed by atoms with Crippen LogP contribution < -0.4 is 14.8 Å². The molecule has 1 N–H and O–H groups in total. The predicted molar refractivity (Wildman–Crippen MR) is 93.1 cm³/mol. The van der Waals surface area contributed by atoms with E-state index in [0.717, 1.165) is 0 Å². The van der Waals surface area contributed by atoms with Gasteiger partial charge in [0, 0.05) is 11.0 Å². The number of nitrogens with zero attached hydrogens (tertiary/aromatic N) is 2. The van der Waals surface area contributed by atoms with Crippen LogP contribution in [0.25, 0.3) is 0 Å². The maximum absolute atomic E-state index is 12.6. The van der Waals surface area contributed by atoms with Gasteiger partial charge in [0.2, 0.25) is 5.89 Å². The van der Waals surface area contributed by atoms with Gasteiger partial charge >= 0.3 is 6.61 Å². The summed E-state index contributed by atoms with van der Waals surface area (Å²) in [5.74, 6) is 0.103. The zero-order valence-electron chi connectivity index (χ0n) is 16.1. The Morgan fingerprint density at radius 2 is 1.85 bits per heavy atom. The van der Waals surface area contributed by atoms with Crippen molar-refractivity contribution < 1.29 is 27.6 Å². The zero-order chi connectivity index (χ0) is 20.4. The van der Waals surface area contributed by atoms with Gasteiger partial charge in [-0.2, -0.15) is 13.8 Å². The quantitative estimate of drug-likeness (QED) is 0.820. The Balaban J connectivity index is 2.23. The van der Waals surface area contributed by atoms with Crippen molar-refractivity contribution >= 4 is 5.91 Å². The van der Waals surface area contributed by atoms with Gasteiger partial charge in [0.15, 0.2) is 17.3 Å². The lowest BCUT2D eigenvalue weighted by molar-refractivity contribution is -0.0512. The number of nitrogens with one attached hydrogen (secondary N) is 1. The van der Waals surface area contributed by atoms with E-state index in [1.165, 1.54) is 25.3 Å². The number of benzene rings is 1. The lowest BCUT2D eigenvalue weighted by atomic mass is 9.96. The molecular formula is C18H23F2N3O4. The average Bonchev–Trinajstić information content (AvgIpc) is 3.05. The van der Waals surface area contributed by atoms with Crippen LogP contribution in [-0.2, 0) is 11.0 Å². The van der Waals surface area contributed by atoms with Gasteiger partial charge in [0.1, 0.15) is 0 Å². The number of rotatable bonds is 6. The van der Waals surface area contributed by atoms with Crippen LogP contribution >= 0.6 is 0 Å².